The zero-order valence-electron chi connectivity index (χ0n) is 11.8. The molecule has 2 aliphatic rings. The highest BCUT2D eigenvalue weighted by Crippen LogP contribution is 2.21. The van der Waals surface area contributed by atoms with Crippen molar-refractivity contribution in [3.05, 3.63) is 0 Å². The molecular weight excluding hydrogens is 226 g/mol. The van der Waals surface area contributed by atoms with Gasteiger partial charge in [0.1, 0.15) is 0 Å². The summed E-state index contributed by atoms with van der Waals surface area (Å²) in [6.07, 6.45) is 6.42. The van der Waals surface area contributed by atoms with Gasteiger partial charge in [0.2, 0.25) is 5.91 Å². The molecule has 18 heavy (non-hydrogen) atoms. The van der Waals surface area contributed by atoms with Crippen LogP contribution in [0.1, 0.15) is 39.0 Å². The average Bonchev–Trinajstić information content (AvgIpc) is 2.47. The number of hydrogen-bond donors (Lipinski definition) is 1. The minimum atomic E-state index is -0.0449. The molecular formula is C14H27N3O. The van der Waals surface area contributed by atoms with E-state index in [0.717, 1.165) is 32.0 Å². The molecule has 1 amide bonds. The predicted molar refractivity (Wildman–Crippen MR) is 73.5 cm³/mol. The third-order valence-corrected chi connectivity index (χ3v) is 4.49. The van der Waals surface area contributed by atoms with E-state index < -0.39 is 0 Å². The van der Waals surface area contributed by atoms with E-state index in [9.17, 15) is 4.79 Å². The zero-order valence-corrected chi connectivity index (χ0v) is 11.8. The highest BCUT2D eigenvalue weighted by Gasteiger charge is 2.28. The molecule has 1 N–H and O–H groups in total. The van der Waals surface area contributed by atoms with Crippen molar-refractivity contribution in [3.63, 3.8) is 0 Å². The molecule has 2 saturated heterocycles. The van der Waals surface area contributed by atoms with Gasteiger partial charge in [-0.3, -0.25) is 4.79 Å². The smallest absolute Gasteiger partial charge is 0.239 e. The van der Waals surface area contributed by atoms with Crippen LogP contribution in [0, 0.1) is 0 Å². The van der Waals surface area contributed by atoms with Gasteiger partial charge >= 0.3 is 0 Å². The molecule has 0 aromatic rings. The fraction of sp³-hybridized carbons (Fsp3) is 0.929. The number of likely N-dealkylation sites (N-methyl/N-ethyl adjacent to an activating group) is 1. The number of carbonyl (C=O) groups excluding carboxylic acids is 1. The minimum absolute atomic E-state index is 0.0449. The molecule has 0 bridgehead atoms. The maximum absolute atomic E-state index is 12.1. The first kappa shape index (κ1) is 13.8. The number of nitrogens with zero attached hydrogens (tertiary/aromatic N) is 2. The molecule has 0 aromatic heterocycles. The van der Waals surface area contributed by atoms with Crippen LogP contribution in [0.15, 0.2) is 0 Å². The molecule has 0 aromatic carbocycles. The van der Waals surface area contributed by atoms with Crippen LogP contribution in [0.3, 0.4) is 0 Å². The molecule has 4 heteroatoms. The summed E-state index contributed by atoms with van der Waals surface area (Å²) in [7, 11) is 1.85. The van der Waals surface area contributed by atoms with Gasteiger partial charge in [-0.25, -0.2) is 0 Å². The highest BCUT2D eigenvalue weighted by atomic mass is 16.2. The topological polar surface area (TPSA) is 35.6 Å². The largest absolute Gasteiger partial charge is 0.341 e. The zero-order chi connectivity index (χ0) is 13.0. The van der Waals surface area contributed by atoms with Crippen molar-refractivity contribution >= 4 is 5.91 Å². The first-order valence-corrected chi connectivity index (χ1v) is 7.42. The summed E-state index contributed by atoms with van der Waals surface area (Å²) in [6.45, 7) is 6.36. The lowest BCUT2D eigenvalue weighted by Crippen LogP contribution is -2.51. The van der Waals surface area contributed by atoms with E-state index in [0.29, 0.717) is 0 Å². The maximum atomic E-state index is 12.1. The van der Waals surface area contributed by atoms with Crippen molar-refractivity contribution in [1.29, 1.82) is 0 Å². The first-order chi connectivity index (χ1) is 8.72. The number of rotatable bonds is 3. The number of nitrogens with one attached hydrogen (secondary N) is 1. The Morgan fingerprint density at radius 2 is 1.72 bits per heavy atom. The van der Waals surface area contributed by atoms with Crippen molar-refractivity contribution in [2.45, 2.75) is 51.1 Å². The van der Waals surface area contributed by atoms with Gasteiger partial charge in [0, 0.05) is 19.1 Å². The van der Waals surface area contributed by atoms with Gasteiger partial charge in [-0.05, 0) is 52.7 Å². The summed E-state index contributed by atoms with van der Waals surface area (Å²) >= 11 is 0. The lowest BCUT2D eigenvalue weighted by Gasteiger charge is -2.40. The van der Waals surface area contributed by atoms with E-state index in [-0.39, 0.29) is 11.9 Å². The molecule has 0 spiro atoms. The summed E-state index contributed by atoms with van der Waals surface area (Å²) < 4.78 is 0. The van der Waals surface area contributed by atoms with E-state index in [1.54, 1.807) is 0 Å². The van der Waals surface area contributed by atoms with Gasteiger partial charge in [0.15, 0.2) is 0 Å². The second kappa shape index (κ2) is 6.53. The van der Waals surface area contributed by atoms with Gasteiger partial charge < -0.3 is 15.1 Å². The van der Waals surface area contributed by atoms with Crippen molar-refractivity contribution in [2.75, 3.05) is 33.2 Å². The summed E-state index contributed by atoms with van der Waals surface area (Å²) in [5.74, 6) is 0.259. The maximum Gasteiger partial charge on any atom is 0.239 e. The molecule has 2 aliphatic heterocycles. The van der Waals surface area contributed by atoms with Crippen LogP contribution in [0.5, 0.6) is 0 Å². The van der Waals surface area contributed by atoms with Crippen LogP contribution in [0.4, 0.5) is 0 Å². The Morgan fingerprint density at radius 1 is 1.11 bits per heavy atom. The number of amides is 1. The van der Waals surface area contributed by atoms with Crippen LogP contribution < -0.4 is 5.32 Å². The normalized spacial score (nSPS) is 25.1. The van der Waals surface area contributed by atoms with Gasteiger partial charge in [-0.15, -0.1) is 0 Å². The van der Waals surface area contributed by atoms with Gasteiger partial charge in [-0.2, -0.15) is 0 Å². The fourth-order valence-electron chi connectivity index (χ4n) is 3.13. The van der Waals surface area contributed by atoms with E-state index >= 15 is 0 Å². The lowest BCUT2D eigenvalue weighted by atomic mass is 9.99. The first-order valence-electron chi connectivity index (χ1n) is 7.42. The molecule has 2 heterocycles. The summed E-state index contributed by atoms with van der Waals surface area (Å²) in [6, 6.07) is 0.677. The Bertz CT molecular complexity index is 268. The van der Waals surface area contributed by atoms with Crippen molar-refractivity contribution < 1.29 is 4.79 Å². The summed E-state index contributed by atoms with van der Waals surface area (Å²) in [5.41, 5.74) is 0. The average molecular weight is 253 g/mol. The quantitative estimate of drug-likeness (QED) is 0.817. The number of hydrogen-bond acceptors (Lipinski definition) is 3. The van der Waals surface area contributed by atoms with Crippen LogP contribution in [0.2, 0.25) is 0 Å². The van der Waals surface area contributed by atoms with Crippen molar-refractivity contribution in [3.8, 4) is 0 Å². The standard InChI is InChI=1S/C14H27N3O/c1-12(15-2)14(18)17-10-6-13(7-11-17)16-8-4-3-5-9-16/h12-13,15H,3-11H2,1-2H3. The third kappa shape index (κ3) is 3.23. The van der Waals surface area contributed by atoms with Crippen LogP contribution in [0.25, 0.3) is 0 Å². The molecule has 2 rings (SSSR count). The summed E-state index contributed by atoms with van der Waals surface area (Å²) in [5, 5.41) is 3.03. The van der Waals surface area contributed by atoms with Crippen molar-refractivity contribution in [1.82, 2.24) is 15.1 Å². The van der Waals surface area contributed by atoms with E-state index in [4.69, 9.17) is 0 Å². The number of likely N-dealkylation sites (tertiary alicyclic amines) is 2. The fourth-order valence-corrected chi connectivity index (χ4v) is 3.13. The molecule has 0 radical (unpaired) electrons. The SMILES string of the molecule is CNC(C)C(=O)N1CCC(N2CCCCC2)CC1. The molecule has 2 fully saturated rings. The third-order valence-electron chi connectivity index (χ3n) is 4.49. The predicted octanol–water partition coefficient (Wildman–Crippen LogP) is 1.07. The van der Waals surface area contributed by atoms with Crippen LogP contribution >= 0.6 is 0 Å². The summed E-state index contributed by atoms with van der Waals surface area (Å²) in [4.78, 5) is 16.7. The van der Waals surface area contributed by atoms with Crippen LogP contribution in [-0.4, -0.2) is 61.0 Å². The number of carbonyl (C=O) groups is 1. The monoisotopic (exact) mass is 253 g/mol. The molecule has 104 valence electrons. The molecule has 0 saturated carbocycles. The molecule has 4 nitrogen and oxygen atoms in total. The van der Waals surface area contributed by atoms with E-state index in [1.165, 1.54) is 32.4 Å². The van der Waals surface area contributed by atoms with Gasteiger partial charge in [0.05, 0.1) is 6.04 Å². The Labute approximate surface area is 111 Å². The Morgan fingerprint density at radius 3 is 2.28 bits per heavy atom. The second-order valence-corrected chi connectivity index (χ2v) is 5.66. The lowest BCUT2D eigenvalue weighted by molar-refractivity contribution is -0.134. The Hall–Kier alpha value is -0.610. The van der Waals surface area contributed by atoms with Crippen molar-refractivity contribution in [2.24, 2.45) is 0 Å². The van der Waals surface area contributed by atoms with E-state index in [1.807, 2.05) is 18.9 Å². The molecule has 0 aliphatic carbocycles. The Balaban J connectivity index is 1.78. The Kier molecular flexibility index (Phi) is 5.01. The van der Waals surface area contributed by atoms with Gasteiger partial charge in [0.25, 0.3) is 0 Å². The highest BCUT2D eigenvalue weighted by molar-refractivity contribution is 5.81. The molecule has 1 atom stereocenters. The second-order valence-electron chi connectivity index (χ2n) is 5.66. The minimum Gasteiger partial charge on any atom is -0.341 e. The number of piperidine rings is 2. The van der Waals surface area contributed by atoms with Gasteiger partial charge in [-0.1, -0.05) is 6.42 Å². The van der Waals surface area contributed by atoms with Crippen LogP contribution in [-0.2, 0) is 4.79 Å². The van der Waals surface area contributed by atoms with E-state index in [2.05, 4.69) is 10.2 Å². The molecule has 1 unspecified atom stereocenters.